The van der Waals surface area contributed by atoms with Crippen molar-refractivity contribution < 1.29 is 4.74 Å². The van der Waals surface area contributed by atoms with Crippen molar-refractivity contribution in [3.63, 3.8) is 0 Å². The third-order valence-corrected chi connectivity index (χ3v) is 3.01. The van der Waals surface area contributed by atoms with Crippen LogP contribution in [0, 0.1) is 0 Å². The number of aromatic nitrogens is 4. The Morgan fingerprint density at radius 2 is 2.18 bits per heavy atom. The van der Waals surface area contributed by atoms with E-state index in [1.54, 1.807) is 18.3 Å². The zero-order valence-electron chi connectivity index (χ0n) is 8.79. The second-order valence-electron chi connectivity index (χ2n) is 2.86. The first-order valence-corrected chi connectivity index (χ1v) is 5.72. The lowest BCUT2D eigenvalue weighted by Gasteiger charge is -2.03. The van der Waals surface area contributed by atoms with Crippen molar-refractivity contribution in [2.24, 2.45) is 0 Å². The van der Waals surface area contributed by atoms with Gasteiger partial charge in [-0.15, -0.1) is 0 Å². The van der Waals surface area contributed by atoms with Gasteiger partial charge in [-0.2, -0.15) is 15.0 Å². The monoisotopic (exact) mass is 269 g/mol. The highest BCUT2D eigenvalue weighted by Gasteiger charge is 2.09. The van der Waals surface area contributed by atoms with Gasteiger partial charge in [0.25, 0.3) is 0 Å². The van der Waals surface area contributed by atoms with Crippen LogP contribution in [0.25, 0.3) is 0 Å². The minimum atomic E-state index is 0.0893. The van der Waals surface area contributed by atoms with E-state index in [1.165, 1.54) is 18.9 Å². The van der Waals surface area contributed by atoms with Gasteiger partial charge in [0.2, 0.25) is 11.1 Å². The predicted octanol–water partition coefficient (Wildman–Crippen LogP) is 1.66. The largest absolute Gasteiger partial charge is 0.467 e. The fourth-order valence-electron chi connectivity index (χ4n) is 1.02. The minimum Gasteiger partial charge on any atom is -0.467 e. The van der Waals surface area contributed by atoms with Crippen LogP contribution < -0.4 is 10.5 Å². The zero-order valence-corrected chi connectivity index (χ0v) is 10.4. The second kappa shape index (κ2) is 5.15. The Balaban J connectivity index is 2.30. The number of nitrogens with zero attached hydrogens (tertiary/aromatic N) is 4. The topological polar surface area (TPSA) is 86.8 Å². The molecule has 0 aliphatic carbocycles. The molecule has 0 spiro atoms. The lowest BCUT2D eigenvalue weighted by atomic mass is 10.5. The first-order chi connectivity index (χ1) is 8.19. The van der Waals surface area contributed by atoms with Crippen LogP contribution in [0.5, 0.6) is 6.01 Å². The summed E-state index contributed by atoms with van der Waals surface area (Å²) in [6, 6.07) is 3.64. The van der Waals surface area contributed by atoms with Crippen molar-refractivity contribution in [3.8, 4) is 6.01 Å². The maximum absolute atomic E-state index is 5.97. The zero-order chi connectivity index (χ0) is 12.3. The SMILES string of the molecule is COc1nc(N)nc(Sc2ncccc2Cl)n1. The number of hydrogen-bond acceptors (Lipinski definition) is 7. The molecule has 88 valence electrons. The summed E-state index contributed by atoms with van der Waals surface area (Å²) < 4.78 is 4.89. The smallest absolute Gasteiger partial charge is 0.321 e. The summed E-state index contributed by atoms with van der Waals surface area (Å²) >= 11 is 7.16. The lowest BCUT2D eigenvalue weighted by molar-refractivity contribution is 0.374. The number of hydrogen-bond donors (Lipinski definition) is 1. The van der Waals surface area contributed by atoms with Crippen molar-refractivity contribution in [1.29, 1.82) is 0 Å². The first kappa shape index (κ1) is 11.9. The average molecular weight is 270 g/mol. The molecule has 0 amide bonds. The van der Waals surface area contributed by atoms with Gasteiger partial charge < -0.3 is 10.5 Å². The van der Waals surface area contributed by atoms with E-state index in [1.807, 2.05) is 0 Å². The van der Waals surface area contributed by atoms with Crippen LogP contribution >= 0.6 is 23.4 Å². The lowest BCUT2D eigenvalue weighted by Crippen LogP contribution is -2.02. The van der Waals surface area contributed by atoms with E-state index in [0.717, 1.165) is 0 Å². The molecule has 0 fully saturated rings. The Hall–Kier alpha value is -1.60. The Kier molecular flexibility index (Phi) is 3.60. The number of nitrogen functional groups attached to an aromatic ring is 1. The summed E-state index contributed by atoms with van der Waals surface area (Å²) in [4.78, 5) is 15.9. The van der Waals surface area contributed by atoms with Crippen LogP contribution in [0.3, 0.4) is 0 Å². The van der Waals surface area contributed by atoms with Gasteiger partial charge in [-0.05, 0) is 23.9 Å². The Morgan fingerprint density at radius 1 is 1.35 bits per heavy atom. The normalized spacial score (nSPS) is 10.2. The predicted molar refractivity (Wildman–Crippen MR) is 64.2 cm³/mol. The second-order valence-corrected chi connectivity index (χ2v) is 4.22. The van der Waals surface area contributed by atoms with Crippen molar-refractivity contribution in [2.75, 3.05) is 12.8 Å². The number of methoxy groups -OCH3 is 1. The summed E-state index contributed by atoms with van der Waals surface area (Å²) in [5, 5.41) is 1.51. The Morgan fingerprint density at radius 3 is 2.88 bits per heavy atom. The van der Waals surface area contributed by atoms with Crippen molar-refractivity contribution >= 4 is 29.3 Å². The molecule has 0 saturated carbocycles. The molecule has 0 unspecified atom stereocenters. The fraction of sp³-hybridized carbons (Fsp3) is 0.111. The molecule has 2 rings (SSSR count). The highest BCUT2D eigenvalue weighted by atomic mass is 35.5. The van der Waals surface area contributed by atoms with Crippen LogP contribution in [-0.4, -0.2) is 27.0 Å². The van der Waals surface area contributed by atoms with Crippen molar-refractivity contribution in [1.82, 2.24) is 19.9 Å². The number of anilines is 1. The maximum atomic E-state index is 5.97. The van der Waals surface area contributed by atoms with E-state index in [4.69, 9.17) is 22.1 Å². The van der Waals surface area contributed by atoms with Crippen molar-refractivity contribution in [2.45, 2.75) is 10.2 Å². The number of halogens is 1. The van der Waals surface area contributed by atoms with Gasteiger partial charge in [0.15, 0.2) is 0 Å². The summed E-state index contributed by atoms with van der Waals surface area (Å²) in [7, 11) is 1.46. The summed E-state index contributed by atoms with van der Waals surface area (Å²) in [5.74, 6) is 0.0893. The van der Waals surface area contributed by atoms with E-state index in [2.05, 4.69) is 19.9 Å². The molecule has 8 heteroatoms. The molecule has 2 heterocycles. The molecule has 0 radical (unpaired) electrons. The van der Waals surface area contributed by atoms with E-state index in [0.29, 0.717) is 15.2 Å². The van der Waals surface area contributed by atoms with Crippen LogP contribution in [0.4, 0.5) is 5.95 Å². The van der Waals surface area contributed by atoms with E-state index in [-0.39, 0.29) is 12.0 Å². The van der Waals surface area contributed by atoms with E-state index >= 15 is 0 Å². The van der Waals surface area contributed by atoms with Gasteiger partial charge in [0.1, 0.15) is 5.03 Å². The number of ether oxygens (including phenoxy) is 1. The molecule has 6 nitrogen and oxygen atoms in total. The van der Waals surface area contributed by atoms with Gasteiger partial charge in [-0.1, -0.05) is 11.6 Å². The van der Waals surface area contributed by atoms with Crippen molar-refractivity contribution in [3.05, 3.63) is 23.4 Å². The van der Waals surface area contributed by atoms with Gasteiger partial charge in [-0.3, -0.25) is 0 Å². The molecule has 2 N–H and O–H groups in total. The van der Waals surface area contributed by atoms with Crippen LogP contribution in [-0.2, 0) is 0 Å². The molecular formula is C9H8ClN5OS. The highest BCUT2D eigenvalue weighted by molar-refractivity contribution is 7.99. The van der Waals surface area contributed by atoms with Crippen LogP contribution in [0.15, 0.2) is 28.5 Å². The molecule has 0 aliphatic heterocycles. The minimum absolute atomic E-state index is 0.0893. The summed E-state index contributed by atoms with van der Waals surface area (Å²) in [5.41, 5.74) is 5.52. The van der Waals surface area contributed by atoms with Gasteiger partial charge >= 0.3 is 6.01 Å². The van der Waals surface area contributed by atoms with Crippen LogP contribution in [0.1, 0.15) is 0 Å². The first-order valence-electron chi connectivity index (χ1n) is 4.53. The fourth-order valence-corrected chi connectivity index (χ4v) is 1.97. The number of rotatable bonds is 3. The quantitative estimate of drug-likeness (QED) is 0.907. The Bertz CT molecular complexity index is 539. The molecule has 2 aromatic rings. The third kappa shape index (κ3) is 2.95. The molecule has 0 saturated heterocycles. The average Bonchev–Trinajstić information content (AvgIpc) is 2.31. The maximum Gasteiger partial charge on any atom is 0.321 e. The summed E-state index contributed by atoms with van der Waals surface area (Å²) in [6.45, 7) is 0. The number of nitrogens with two attached hydrogens (primary N) is 1. The van der Waals surface area contributed by atoms with Crippen LogP contribution in [0.2, 0.25) is 5.02 Å². The Labute approximate surface area is 107 Å². The number of pyridine rings is 1. The summed E-state index contributed by atoms with van der Waals surface area (Å²) in [6.07, 6.45) is 1.63. The third-order valence-electron chi connectivity index (χ3n) is 1.71. The van der Waals surface area contributed by atoms with E-state index < -0.39 is 0 Å². The molecule has 0 atom stereocenters. The molecule has 0 bridgehead atoms. The van der Waals surface area contributed by atoms with Gasteiger partial charge in [0, 0.05) is 6.20 Å². The van der Waals surface area contributed by atoms with Gasteiger partial charge in [0.05, 0.1) is 12.1 Å². The standard InChI is InChI=1S/C9H8ClN5OS/c1-16-8-13-7(11)14-9(15-8)17-6-5(10)3-2-4-12-6/h2-4H,1H3,(H2,11,13,14,15). The molecule has 17 heavy (non-hydrogen) atoms. The molecular weight excluding hydrogens is 262 g/mol. The van der Waals surface area contributed by atoms with E-state index in [9.17, 15) is 0 Å². The molecule has 0 aliphatic rings. The molecule has 2 aromatic heterocycles. The molecule has 0 aromatic carbocycles. The highest BCUT2D eigenvalue weighted by Crippen LogP contribution is 2.29. The van der Waals surface area contributed by atoms with Gasteiger partial charge in [-0.25, -0.2) is 4.98 Å².